The van der Waals surface area contributed by atoms with Gasteiger partial charge in [0.2, 0.25) is 0 Å². The molecule has 0 heterocycles. The van der Waals surface area contributed by atoms with Crippen molar-refractivity contribution in [1.29, 1.82) is 0 Å². The van der Waals surface area contributed by atoms with Crippen molar-refractivity contribution in [3.05, 3.63) is 0 Å². The van der Waals surface area contributed by atoms with Gasteiger partial charge >= 0.3 is 17.9 Å². The molecular weight excluding hydrogens is 661 g/mol. The number of unbranched alkanes of at least 4 members (excludes halogenated alkanes) is 26. The highest BCUT2D eigenvalue weighted by Gasteiger charge is 2.19. The molecule has 0 aliphatic rings. The Balaban J connectivity index is 4.29. The third-order valence-corrected chi connectivity index (χ3v) is 10.5. The fraction of sp³-hybridized carbons (Fsp3) is 0.936. The van der Waals surface area contributed by atoms with Crippen LogP contribution in [0.3, 0.4) is 0 Å². The normalized spacial score (nSPS) is 12.1. The van der Waals surface area contributed by atoms with Crippen LogP contribution in [0.25, 0.3) is 0 Å². The molecule has 0 bridgehead atoms. The molecule has 0 saturated heterocycles. The molecule has 0 N–H and O–H groups in total. The van der Waals surface area contributed by atoms with E-state index in [0.29, 0.717) is 19.3 Å². The molecule has 0 unspecified atom stereocenters. The van der Waals surface area contributed by atoms with Crippen molar-refractivity contribution in [2.24, 2.45) is 11.8 Å². The van der Waals surface area contributed by atoms with E-state index in [-0.39, 0.29) is 31.1 Å². The van der Waals surface area contributed by atoms with Crippen LogP contribution in [0, 0.1) is 11.8 Å². The van der Waals surface area contributed by atoms with Crippen LogP contribution in [0.4, 0.5) is 0 Å². The summed E-state index contributed by atoms with van der Waals surface area (Å²) in [6, 6.07) is 0. The van der Waals surface area contributed by atoms with Crippen molar-refractivity contribution in [1.82, 2.24) is 0 Å². The summed E-state index contributed by atoms with van der Waals surface area (Å²) in [7, 11) is 0. The Hall–Kier alpha value is -1.59. The van der Waals surface area contributed by atoms with Gasteiger partial charge in [-0.3, -0.25) is 14.4 Å². The molecule has 6 nitrogen and oxygen atoms in total. The maximum atomic E-state index is 12.7. The molecule has 53 heavy (non-hydrogen) atoms. The number of hydrogen-bond donors (Lipinski definition) is 0. The molecule has 0 fully saturated rings. The lowest BCUT2D eigenvalue weighted by molar-refractivity contribution is -0.167. The third-order valence-electron chi connectivity index (χ3n) is 10.5. The molecular formula is C47H90O6. The Morgan fingerprint density at radius 1 is 0.358 bits per heavy atom. The number of rotatable bonds is 41. The van der Waals surface area contributed by atoms with E-state index in [0.717, 1.165) is 69.6 Å². The minimum atomic E-state index is -0.760. The zero-order valence-corrected chi connectivity index (χ0v) is 36.1. The van der Waals surface area contributed by atoms with Crippen LogP contribution in [0.2, 0.25) is 0 Å². The predicted octanol–water partition coefficient (Wildman–Crippen LogP) is 14.6. The summed E-state index contributed by atoms with van der Waals surface area (Å²) in [6.07, 6.45) is 38.1. The molecule has 0 rings (SSSR count). The first-order valence-corrected chi connectivity index (χ1v) is 23.2. The molecule has 0 aliphatic heterocycles. The highest BCUT2D eigenvalue weighted by molar-refractivity contribution is 5.71. The molecule has 314 valence electrons. The maximum absolute atomic E-state index is 12.7. The van der Waals surface area contributed by atoms with Gasteiger partial charge in [-0.05, 0) is 31.1 Å². The van der Waals surface area contributed by atoms with Crippen LogP contribution in [0.1, 0.15) is 253 Å². The largest absolute Gasteiger partial charge is 0.462 e. The highest BCUT2D eigenvalue weighted by atomic mass is 16.6. The number of ether oxygens (including phenoxy) is 3. The van der Waals surface area contributed by atoms with Gasteiger partial charge in [0.05, 0.1) is 0 Å². The summed E-state index contributed by atoms with van der Waals surface area (Å²) in [5.41, 5.74) is 0. The first kappa shape index (κ1) is 51.4. The van der Waals surface area contributed by atoms with Gasteiger partial charge in [0, 0.05) is 19.3 Å². The van der Waals surface area contributed by atoms with E-state index in [4.69, 9.17) is 14.2 Å². The van der Waals surface area contributed by atoms with Crippen molar-refractivity contribution in [2.45, 2.75) is 259 Å². The lowest BCUT2D eigenvalue weighted by Crippen LogP contribution is -2.30. The summed E-state index contributed by atoms with van der Waals surface area (Å²) in [4.78, 5) is 37.7. The van der Waals surface area contributed by atoms with Gasteiger partial charge in [-0.15, -0.1) is 0 Å². The topological polar surface area (TPSA) is 78.9 Å². The molecule has 0 amide bonds. The van der Waals surface area contributed by atoms with Crippen molar-refractivity contribution in [3.8, 4) is 0 Å². The summed E-state index contributed by atoms with van der Waals surface area (Å²) in [6.45, 7) is 11.3. The zero-order chi connectivity index (χ0) is 39.0. The Morgan fingerprint density at radius 3 is 0.925 bits per heavy atom. The summed E-state index contributed by atoms with van der Waals surface area (Å²) in [5, 5.41) is 0. The highest BCUT2D eigenvalue weighted by Crippen LogP contribution is 2.16. The van der Waals surface area contributed by atoms with E-state index in [9.17, 15) is 14.4 Å². The van der Waals surface area contributed by atoms with Gasteiger partial charge in [-0.2, -0.15) is 0 Å². The first-order valence-electron chi connectivity index (χ1n) is 23.2. The van der Waals surface area contributed by atoms with E-state index < -0.39 is 6.10 Å². The standard InChI is InChI=1S/C47H90O6/c1-6-7-8-9-10-15-22-27-32-37-45(48)51-40-44(53-47(50)39-34-29-24-19-18-21-26-31-36-43(4)5)41-52-46(49)38-33-28-23-17-14-12-11-13-16-20-25-30-35-42(2)3/h42-44H,6-41H2,1-5H3/t44-/m0/s1. The Morgan fingerprint density at radius 2 is 0.623 bits per heavy atom. The number of carbonyl (C=O) groups is 3. The van der Waals surface area contributed by atoms with Crippen LogP contribution in [-0.2, 0) is 28.6 Å². The molecule has 0 saturated carbocycles. The number of esters is 3. The van der Waals surface area contributed by atoms with Gasteiger partial charge < -0.3 is 14.2 Å². The monoisotopic (exact) mass is 751 g/mol. The van der Waals surface area contributed by atoms with Crippen molar-refractivity contribution >= 4 is 17.9 Å². The fourth-order valence-electron chi connectivity index (χ4n) is 6.93. The van der Waals surface area contributed by atoms with Crippen LogP contribution in [-0.4, -0.2) is 37.2 Å². The van der Waals surface area contributed by atoms with E-state index >= 15 is 0 Å². The van der Waals surface area contributed by atoms with Crippen LogP contribution in [0.5, 0.6) is 0 Å². The van der Waals surface area contributed by atoms with Gasteiger partial charge in [0.1, 0.15) is 13.2 Å². The van der Waals surface area contributed by atoms with E-state index in [1.807, 2.05) is 0 Å². The van der Waals surface area contributed by atoms with E-state index in [2.05, 4.69) is 34.6 Å². The molecule has 0 aromatic rings. The second kappa shape index (κ2) is 40.1. The van der Waals surface area contributed by atoms with Gasteiger partial charge in [-0.1, -0.05) is 214 Å². The zero-order valence-electron chi connectivity index (χ0n) is 36.1. The van der Waals surface area contributed by atoms with E-state index in [1.165, 1.54) is 141 Å². The molecule has 0 radical (unpaired) electrons. The van der Waals surface area contributed by atoms with Gasteiger partial charge in [0.15, 0.2) is 6.10 Å². The lowest BCUT2D eigenvalue weighted by Gasteiger charge is -2.18. The molecule has 0 aromatic heterocycles. The quantitative estimate of drug-likeness (QED) is 0.0352. The Bertz CT molecular complexity index is 809. The van der Waals surface area contributed by atoms with Crippen molar-refractivity contribution < 1.29 is 28.6 Å². The van der Waals surface area contributed by atoms with Crippen molar-refractivity contribution in [2.75, 3.05) is 13.2 Å². The SMILES string of the molecule is CCCCCCCCCCCC(=O)OC[C@@H](COC(=O)CCCCCCCCCCCCCCC(C)C)OC(=O)CCCCCCCCCCC(C)C. The minimum absolute atomic E-state index is 0.0651. The average molecular weight is 751 g/mol. The first-order chi connectivity index (χ1) is 25.7. The number of hydrogen-bond acceptors (Lipinski definition) is 6. The molecule has 0 aliphatic carbocycles. The average Bonchev–Trinajstić information content (AvgIpc) is 3.12. The second-order valence-corrected chi connectivity index (χ2v) is 17.0. The van der Waals surface area contributed by atoms with Crippen LogP contribution < -0.4 is 0 Å². The van der Waals surface area contributed by atoms with Gasteiger partial charge in [0.25, 0.3) is 0 Å². The Labute approximate surface area is 329 Å². The molecule has 0 spiro atoms. The molecule has 1 atom stereocenters. The third kappa shape index (κ3) is 41.4. The lowest BCUT2D eigenvalue weighted by atomic mass is 10.0. The maximum Gasteiger partial charge on any atom is 0.306 e. The van der Waals surface area contributed by atoms with Crippen LogP contribution >= 0.6 is 0 Å². The second-order valence-electron chi connectivity index (χ2n) is 17.0. The summed E-state index contributed by atoms with van der Waals surface area (Å²) >= 11 is 0. The van der Waals surface area contributed by atoms with Crippen LogP contribution in [0.15, 0.2) is 0 Å². The van der Waals surface area contributed by atoms with E-state index in [1.54, 1.807) is 0 Å². The fourth-order valence-corrected chi connectivity index (χ4v) is 6.93. The number of carbonyl (C=O) groups excluding carboxylic acids is 3. The minimum Gasteiger partial charge on any atom is -0.462 e. The molecule has 0 aromatic carbocycles. The predicted molar refractivity (Wildman–Crippen MR) is 224 cm³/mol. The van der Waals surface area contributed by atoms with Crippen molar-refractivity contribution in [3.63, 3.8) is 0 Å². The smallest absolute Gasteiger partial charge is 0.306 e. The summed E-state index contributed by atoms with van der Waals surface area (Å²) in [5.74, 6) is 0.767. The molecule has 6 heteroatoms. The van der Waals surface area contributed by atoms with Gasteiger partial charge in [-0.25, -0.2) is 0 Å². The Kier molecular flexibility index (Phi) is 38.9. The summed E-state index contributed by atoms with van der Waals surface area (Å²) < 4.78 is 16.7.